The fourth-order valence-electron chi connectivity index (χ4n) is 3.53. The molecule has 0 saturated carbocycles. The van der Waals surface area contributed by atoms with Crippen LogP contribution in [-0.2, 0) is 4.79 Å². The van der Waals surface area contributed by atoms with E-state index in [0.717, 1.165) is 29.7 Å². The molecule has 3 aromatic rings. The molecule has 0 aliphatic carbocycles. The number of benzene rings is 2. The highest BCUT2D eigenvalue weighted by Gasteiger charge is 2.30. The smallest absolute Gasteiger partial charge is 0.292 e. The van der Waals surface area contributed by atoms with Gasteiger partial charge in [-0.3, -0.25) is 9.59 Å². The van der Waals surface area contributed by atoms with Crippen molar-refractivity contribution >= 4 is 17.5 Å². The van der Waals surface area contributed by atoms with Gasteiger partial charge in [0.25, 0.3) is 5.91 Å². The summed E-state index contributed by atoms with van der Waals surface area (Å²) in [5.41, 5.74) is 3.45. The topological polar surface area (TPSA) is 75.4 Å². The van der Waals surface area contributed by atoms with Crippen LogP contribution in [0.3, 0.4) is 0 Å². The Kier molecular flexibility index (Phi) is 5.42. The quantitative estimate of drug-likeness (QED) is 0.728. The summed E-state index contributed by atoms with van der Waals surface area (Å²) >= 11 is 0. The van der Waals surface area contributed by atoms with Gasteiger partial charge in [0.2, 0.25) is 11.7 Å². The molecule has 1 aliphatic rings. The summed E-state index contributed by atoms with van der Waals surface area (Å²) in [4.78, 5) is 27.2. The summed E-state index contributed by atoms with van der Waals surface area (Å²) in [5, 5.41) is 6.97. The number of carbonyl (C=O) groups is 2. The first-order chi connectivity index (χ1) is 14.1. The molecule has 1 saturated heterocycles. The average molecular weight is 389 g/mol. The molecule has 1 N–H and O–H groups in total. The molecule has 1 aliphatic heterocycles. The van der Waals surface area contributed by atoms with E-state index in [2.05, 4.69) is 10.5 Å². The van der Waals surface area contributed by atoms with Crippen LogP contribution in [0.5, 0.6) is 0 Å². The van der Waals surface area contributed by atoms with Crippen LogP contribution in [-0.4, -0.2) is 35.0 Å². The molecule has 0 unspecified atom stereocenters. The third-order valence-corrected chi connectivity index (χ3v) is 5.19. The molecule has 29 heavy (non-hydrogen) atoms. The fraction of sp³-hybridized carbons (Fsp3) is 0.261. The maximum absolute atomic E-state index is 12.9. The summed E-state index contributed by atoms with van der Waals surface area (Å²) in [6.45, 7) is 2.99. The second-order valence-electron chi connectivity index (χ2n) is 7.39. The molecule has 2 amide bonds. The second-order valence-corrected chi connectivity index (χ2v) is 7.39. The van der Waals surface area contributed by atoms with Crippen LogP contribution in [0.15, 0.2) is 65.2 Å². The lowest BCUT2D eigenvalue weighted by atomic mass is 9.96. The molecule has 1 aromatic heterocycles. The van der Waals surface area contributed by atoms with Crippen molar-refractivity contribution in [3.8, 4) is 11.3 Å². The van der Waals surface area contributed by atoms with Crippen molar-refractivity contribution in [2.24, 2.45) is 5.92 Å². The van der Waals surface area contributed by atoms with Crippen LogP contribution in [0.4, 0.5) is 5.69 Å². The maximum atomic E-state index is 12.9. The Hall–Kier alpha value is -3.41. The van der Waals surface area contributed by atoms with E-state index >= 15 is 0 Å². The largest absolute Gasteiger partial charge is 0.350 e. The molecule has 1 atom stereocenters. The third kappa shape index (κ3) is 4.37. The Balaban J connectivity index is 1.42. The van der Waals surface area contributed by atoms with Crippen LogP contribution in [0.25, 0.3) is 11.3 Å². The van der Waals surface area contributed by atoms with Crippen molar-refractivity contribution in [1.82, 2.24) is 10.1 Å². The van der Waals surface area contributed by atoms with Crippen molar-refractivity contribution in [2.75, 3.05) is 18.4 Å². The number of carbonyl (C=O) groups excluding carboxylic acids is 2. The lowest BCUT2D eigenvalue weighted by Crippen LogP contribution is -2.43. The summed E-state index contributed by atoms with van der Waals surface area (Å²) in [7, 11) is 0. The molecule has 1 fully saturated rings. The number of rotatable bonds is 4. The summed E-state index contributed by atoms with van der Waals surface area (Å²) in [6.07, 6.45) is 1.53. The molecule has 2 aromatic carbocycles. The number of amides is 2. The van der Waals surface area contributed by atoms with Gasteiger partial charge in [-0.15, -0.1) is 0 Å². The lowest BCUT2D eigenvalue weighted by molar-refractivity contribution is -0.121. The first-order valence-electron chi connectivity index (χ1n) is 9.79. The minimum Gasteiger partial charge on any atom is -0.350 e. The van der Waals surface area contributed by atoms with Gasteiger partial charge in [0, 0.05) is 30.4 Å². The number of likely N-dealkylation sites (tertiary alicyclic amines) is 1. The SMILES string of the molecule is Cc1ccc(-c2cc(C(=O)N3CCC[C@@H](C(=O)Nc4ccccc4)C3)on2)cc1. The van der Waals surface area contributed by atoms with E-state index in [0.29, 0.717) is 18.8 Å². The number of aromatic nitrogens is 1. The summed E-state index contributed by atoms with van der Waals surface area (Å²) in [5.74, 6) is -0.336. The second kappa shape index (κ2) is 8.31. The Bertz CT molecular complexity index is 996. The van der Waals surface area contributed by atoms with Gasteiger partial charge in [-0.1, -0.05) is 53.2 Å². The van der Waals surface area contributed by atoms with Crippen LogP contribution < -0.4 is 5.32 Å². The molecule has 6 heteroatoms. The summed E-state index contributed by atoms with van der Waals surface area (Å²) < 4.78 is 5.31. The van der Waals surface area contributed by atoms with Crippen LogP contribution in [0.2, 0.25) is 0 Å². The van der Waals surface area contributed by atoms with Crippen molar-refractivity contribution in [3.63, 3.8) is 0 Å². The molecule has 6 nitrogen and oxygen atoms in total. The number of nitrogens with zero attached hydrogens (tertiary/aromatic N) is 2. The number of nitrogens with one attached hydrogen (secondary N) is 1. The number of para-hydroxylation sites is 1. The molecule has 0 bridgehead atoms. The molecule has 0 spiro atoms. The molecule has 4 rings (SSSR count). The maximum Gasteiger partial charge on any atom is 0.292 e. The van der Waals surface area contributed by atoms with Gasteiger partial charge in [0.1, 0.15) is 5.69 Å². The van der Waals surface area contributed by atoms with Gasteiger partial charge < -0.3 is 14.7 Å². The number of hydrogen-bond acceptors (Lipinski definition) is 4. The van der Waals surface area contributed by atoms with Crippen molar-refractivity contribution in [1.29, 1.82) is 0 Å². The van der Waals surface area contributed by atoms with E-state index < -0.39 is 0 Å². The highest BCUT2D eigenvalue weighted by atomic mass is 16.5. The van der Waals surface area contributed by atoms with E-state index in [1.165, 1.54) is 0 Å². The first kappa shape index (κ1) is 18.9. The van der Waals surface area contributed by atoms with Gasteiger partial charge >= 0.3 is 0 Å². The van der Waals surface area contributed by atoms with Gasteiger partial charge in [-0.25, -0.2) is 0 Å². The van der Waals surface area contributed by atoms with Crippen LogP contribution >= 0.6 is 0 Å². The molecular formula is C23H23N3O3. The summed E-state index contributed by atoms with van der Waals surface area (Å²) in [6, 6.07) is 18.9. The predicted octanol–water partition coefficient (Wildman–Crippen LogP) is 4.14. The Morgan fingerprint density at radius 2 is 1.86 bits per heavy atom. The predicted molar refractivity (Wildman–Crippen MR) is 110 cm³/mol. The zero-order chi connectivity index (χ0) is 20.2. The van der Waals surface area contributed by atoms with E-state index in [9.17, 15) is 9.59 Å². The van der Waals surface area contributed by atoms with Gasteiger partial charge in [-0.2, -0.15) is 0 Å². The Morgan fingerprint density at radius 3 is 2.62 bits per heavy atom. The standard InChI is InChI=1S/C23H23N3O3/c1-16-9-11-17(12-10-16)20-14-21(29-25-20)23(28)26-13-5-6-18(15-26)22(27)24-19-7-3-2-4-8-19/h2-4,7-12,14,18H,5-6,13,15H2,1H3,(H,24,27)/t18-/m1/s1. The van der Waals surface area contributed by atoms with Gasteiger partial charge in [0.15, 0.2) is 0 Å². The molecular weight excluding hydrogens is 366 g/mol. The lowest BCUT2D eigenvalue weighted by Gasteiger charge is -2.31. The van der Waals surface area contributed by atoms with Crippen molar-refractivity contribution in [2.45, 2.75) is 19.8 Å². The molecule has 2 heterocycles. The highest BCUT2D eigenvalue weighted by Crippen LogP contribution is 2.23. The van der Waals surface area contributed by atoms with E-state index in [1.54, 1.807) is 11.0 Å². The fourth-order valence-corrected chi connectivity index (χ4v) is 3.53. The number of aryl methyl sites for hydroxylation is 1. The van der Waals surface area contributed by atoms with E-state index in [1.807, 2.05) is 61.5 Å². The third-order valence-electron chi connectivity index (χ3n) is 5.19. The Labute approximate surface area is 169 Å². The normalized spacial score (nSPS) is 16.4. The molecule has 0 radical (unpaired) electrons. The number of hydrogen-bond donors (Lipinski definition) is 1. The van der Waals surface area contributed by atoms with Crippen molar-refractivity contribution < 1.29 is 14.1 Å². The minimum atomic E-state index is -0.243. The zero-order valence-electron chi connectivity index (χ0n) is 16.3. The zero-order valence-corrected chi connectivity index (χ0v) is 16.3. The molecule has 148 valence electrons. The number of piperidine rings is 1. The highest BCUT2D eigenvalue weighted by molar-refractivity contribution is 5.95. The average Bonchev–Trinajstić information content (AvgIpc) is 3.25. The van der Waals surface area contributed by atoms with Crippen molar-refractivity contribution in [3.05, 3.63) is 72.0 Å². The van der Waals surface area contributed by atoms with E-state index in [-0.39, 0.29) is 23.5 Å². The van der Waals surface area contributed by atoms with E-state index in [4.69, 9.17) is 4.52 Å². The van der Waals surface area contributed by atoms with Gasteiger partial charge in [-0.05, 0) is 31.9 Å². The monoisotopic (exact) mass is 389 g/mol. The van der Waals surface area contributed by atoms with Gasteiger partial charge in [0.05, 0.1) is 5.92 Å². The Morgan fingerprint density at radius 1 is 1.10 bits per heavy atom. The number of anilines is 1. The van der Waals surface area contributed by atoms with Crippen LogP contribution in [0.1, 0.15) is 29.0 Å². The minimum absolute atomic E-state index is 0.0633. The van der Waals surface area contributed by atoms with Crippen LogP contribution in [0, 0.1) is 12.8 Å². The first-order valence-corrected chi connectivity index (χ1v) is 9.79.